The van der Waals surface area contributed by atoms with Crippen molar-refractivity contribution in [1.29, 1.82) is 0 Å². The molecule has 2 aromatic carbocycles. The first-order chi connectivity index (χ1) is 12.8. The van der Waals surface area contributed by atoms with Gasteiger partial charge in [0.05, 0.1) is 12.3 Å². The van der Waals surface area contributed by atoms with Crippen molar-refractivity contribution in [3.63, 3.8) is 0 Å². The number of aryl methyl sites for hydroxylation is 2. The molecule has 0 radical (unpaired) electrons. The summed E-state index contributed by atoms with van der Waals surface area (Å²) in [6.07, 6.45) is 0.405. The largest absolute Gasteiger partial charge is 0.493 e. The summed E-state index contributed by atoms with van der Waals surface area (Å²) in [5.41, 5.74) is 1.41. The molecular formula is C22H25NO4. The summed E-state index contributed by atoms with van der Waals surface area (Å²) >= 11 is 0. The van der Waals surface area contributed by atoms with Crippen LogP contribution < -0.4 is 9.64 Å². The van der Waals surface area contributed by atoms with Crippen molar-refractivity contribution < 1.29 is 19.4 Å². The standard InChI is InChI=1S/C22H25NO4/c1-15-9-10-19-18(13-15)22(26,14-17(3)24)21(25)23(19)11-6-12-27-20-8-5-4-7-16(20)2/h4-5,7-10,13,26H,6,11-12,14H2,1-3H3/t22-/m0/s1. The van der Waals surface area contributed by atoms with Crippen molar-refractivity contribution in [2.75, 3.05) is 18.1 Å². The Morgan fingerprint density at radius 1 is 1.19 bits per heavy atom. The molecule has 0 saturated heterocycles. The Morgan fingerprint density at radius 3 is 2.63 bits per heavy atom. The molecule has 27 heavy (non-hydrogen) atoms. The van der Waals surface area contributed by atoms with Gasteiger partial charge in [-0.25, -0.2) is 0 Å². The molecule has 3 rings (SSSR count). The zero-order valence-electron chi connectivity index (χ0n) is 16.0. The Bertz CT molecular complexity index is 876. The molecule has 0 aromatic heterocycles. The molecule has 1 aliphatic rings. The second kappa shape index (κ2) is 7.53. The lowest BCUT2D eigenvalue weighted by atomic mass is 9.89. The van der Waals surface area contributed by atoms with E-state index in [1.165, 1.54) is 6.92 Å². The molecule has 0 fully saturated rings. The first-order valence-electron chi connectivity index (χ1n) is 9.16. The van der Waals surface area contributed by atoms with Crippen LogP contribution in [0.1, 0.15) is 36.5 Å². The van der Waals surface area contributed by atoms with Gasteiger partial charge in [0.25, 0.3) is 5.91 Å². The molecule has 0 spiro atoms. The van der Waals surface area contributed by atoms with Crippen LogP contribution in [-0.2, 0) is 15.2 Å². The van der Waals surface area contributed by atoms with E-state index in [0.717, 1.165) is 16.9 Å². The molecule has 0 saturated carbocycles. The summed E-state index contributed by atoms with van der Waals surface area (Å²) in [5.74, 6) is 0.173. The van der Waals surface area contributed by atoms with E-state index in [0.29, 0.717) is 30.8 Å². The number of amides is 1. The molecule has 2 aromatic rings. The van der Waals surface area contributed by atoms with Crippen LogP contribution in [-0.4, -0.2) is 29.9 Å². The smallest absolute Gasteiger partial charge is 0.264 e. The molecule has 1 atom stereocenters. The van der Waals surface area contributed by atoms with Crippen molar-refractivity contribution in [3.8, 4) is 5.75 Å². The second-order valence-corrected chi connectivity index (χ2v) is 7.18. The first kappa shape index (κ1) is 19.1. The van der Waals surface area contributed by atoms with Crippen molar-refractivity contribution in [2.45, 2.75) is 39.2 Å². The van der Waals surface area contributed by atoms with Crippen molar-refractivity contribution in [3.05, 3.63) is 59.2 Å². The highest BCUT2D eigenvalue weighted by atomic mass is 16.5. The monoisotopic (exact) mass is 367 g/mol. The van der Waals surface area contributed by atoms with Crippen LogP contribution in [0.3, 0.4) is 0 Å². The number of hydrogen-bond donors (Lipinski definition) is 1. The highest BCUT2D eigenvalue weighted by Gasteiger charge is 2.50. The van der Waals surface area contributed by atoms with E-state index in [2.05, 4.69) is 0 Å². The third kappa shape index (κ3) is 3.74. The number of nitrogens with zero attached hydrogens (tertiary/aromatic N) is 1. The lowest BCUT2D eigenvalue weighted by Crippen LogP contribution is -2.42. The first-order valence-corrected chi connectivity index (χ1v) is 9.16. The minimum absolute atomic E-state index is 0.210. The average molecular weight is 367 g/mol. The van der Waals surface area contributed by atoms with E-state index in [-0.39, 0.29) is 12.2 Å². The SMILES string of the molecule is CC(=O)C[C@@]1(O)C(=O)N(CCCOc2ccccc2C)c2ccc(C)cc21. The number of ether oxygens (including phenoxy) is 1. The summed E-state index contributed by atoms with van der Waals surface area (Å²) in [4.78, 5) is 26.2. The fourth-order valence-electron chi connectivity index (χ4n) is 3.54. The minimum Gasteiger partial charge on any atom is -0.493 e. The Labute approximate surface area is 159 Å². The number of carbonyl (C=O) groups excluding carboxylic acids is 2. The molecule has 1 aliphatic heterocycles. The number of hydrogen-bond acceptors (Lipinski definition) is 4. The van der Waals surface area contributed by atoms with Gasteiger partial charge in [0.1, 0.15) is 11.5 Å². The van der Waals surface area contributed by atoms with Crippen LogP contribution in [0.5, 0.6) is 5.75 Å². The van der Waals surface area contributed by atoms with Crippen LogP contribution >= 0.6 is 0 Å². The Kier molecular flexibility index (Phi) is 5.33. The van der Waals surface area contributed by atoms with Crippen LogP contribution in [0.15, 0.2) is 42.5 Å². The van der Waals surface area contributed by atoms with Gasteiger partial charge in [0, 0.05) is 18.5 Å². The van der Waals surface area contributed by atoms with Gasteiger partial charge in [-0.1, -0.05) is 35.9 Å². The minimum atomic E-state index is -1.77. The van der Waals surface area contributed by atoms with Crippen LogP contribution in [0, 0.1) is 13.8 Å². The molecule has 1 amide bonds. The number of carbonyl (C=O) groups is 2. The van der Waals surface area contributed by atoms with Gasteiger partial charge in [-0.05, 0) is 44.9 Å². The normalized spacial score (nSPS) is 18.5. The fraction of sp³-hybridized carbons (Fsp3) is 0.364. The van der Waals surface area contributed by atoms with Gasteiger partial charge in [-0.2, -0.15) is 0 Å². The van der Waals surface area contributed by atoms with Crippen LogP contribution in [0.4, 0.5) is 5.69 Å². The van der Waals surface area contributed by atoms with Crippen molar-refractivity contribution in [2.24, 2.45) is 0 Å². The molecule has 0 bridgehead atoms. The molecule has 0 unspecified atom stereocenters. The number of rotatable bonds is 7. The summed E-state index contributed by atoms with van der Waals surface area (Å²) in [7, 11) is 0. The van der Waals surface area contributed by atoms with Gasteiger partial charge >= 0.3 is 0 Å². The molecular weight excluding hydrogens is 342 g/mol. The van der Waals surface area contributed by atoms with Gasteiger partial charge in [0.2, 0.25) is 0 Å². The van der Waals surface area contributed by atoms with Gasteiger partial charge in [-0.3, -0.25) is 9.59 Å². The zero-order chi connectivity index (χ0) is 19.6. The number of para-hydroxylation sites is 1. The van der Waals surface area contributed by atoms with Crippen LogP contribution in [0.2, 0.25) is 0 Å². The van der Waals surface area contributed by atoms with Crippen LogP contribution in [0.25, 0.3) is 0 Å². The third-order valence-electron chi connectivity index (χ3n) is 4.87. The number of benzene rings is 2. The lowest BCUT2D eigenvalue weighted by molar-refractivity contribution is -0.141. The molecule has 142 valence electrons. The Morgan fingerprint density at radius 2 is 1.93 bits per heavy atom. The number of fused-ring (bicyclic) bond motifs is 1. The summed E-state index contributed by atoms with van der Waals surface area (Å²) in [5, 5.41) is 11.0. The maximum Gasteiger partial charge on any atom is 0.264 e. The number of aliphatic hydroxyl groups is 1. The van der Waals surface area contributed by atoms with Gasteiger partial charge < -0.3 is 14.7 Å². The molecule has 5 heteroatoms. The fourth-order valence-corrected chi connectivity index (χ4v) is 3.54. The van der Waals surface area contributed by atoms with Gasteiger partial charge in [-0.15, -0.1) is 0 Å². The van der Waals surface area contributed by atoms with E-state index >= 15 is 0 Å². The van der Waals surface area contributed by atoms with Crippen molar-refractivity contribution in [1.82, 2.24) is 0 Å². The summed E-state index contributed by atoms with van der Waals surface area (Å²) < 4.78 is 5.80. The number of Topliss-reactive ketones (excluding diaryl/α,β-unsaturated/α-hetero) is 1. The lowest BCUT2D eigenvalue weighted by Gasteiger charge is -2.22. The second-order valence-electron chi connectivity index (χ2n) is 7.18. The Balaban J connectivity index is 1.73. The predicted molar refractivity (Wildman–Crippen MR) is 104 cm³/mol. The third-order valence-corrected chi connectivity index (χ3v) is 4.87. The molecule has 1 N–H and O–H groups in total. The van der Waals surface area contributed by atoms with E-state index in [9.17, 15) is 14.7 Å². The van der Waals surface area contributed by atoms with E-state index < -0.39 is 11.5 Å². The highest BCUT2D eigenvalue weighted by Crippen LogP contribution is 2.43. The highest BCUT2D eigenvalue weighted by molar-refractivity contribution is 6.08. The van der Waals surface area contributed by atoms with Gasteiger partial charge in [0.15, 0.2) is 5.60 Å². The molecule has 5 nitrogen and oxygen atoms in total. The number of anilines is 1. The predicted octanol–water partition coefficient (Wildman–Crippen LogP) is 3.29. The summed E-state index contributed by atoms with van der Waals surface area (Å²) in [6.45, 7) is 6.15. The van der Waals surface area contributed by atoms with E-state index in [4.69, 9.17) is 4.74 Å². The average Bonchev–Trinajstić information content (AvgIpc) is 2.81. The molecule has 1 heterocycles. The summed E-state index contributed by atoms with van der Waals surface area (Å²) in [6, 6.07) is 13.3. The number of ketones is 1. The van der Waals surface area contributed by atoms with E-state index in [1.807, 2.05) is 50.2 Å². The topological polar surface area (TPSA) is 66.8 Å². The Hall–Kier alpha value is -2.66. The maximum atomic E-state index is 12.9. The molecule has 0 aliphatic carbocycles. The zero-order valence-corrected chi connectivity index (χ0v) is 16.0. The maximum absolute atomic E-state index is 12.9. The quantitative estimate of drug-likeness (QED) is 0.763. The van der Waals surface area contributed by atoms with E-state index in [1.54, 1.807) is 11.0 Å². The van der Waals surface area contributed by atoms with Crippen molar-refractivity contribution >= 4 is 17.4 Å².